The highest BCUT2D eigenvalue weighted by molar-refractivity contribution is 14.0. The average molecular weight is 471 g/mol. The molecule has 0 aromatic carbocycles. The molecule has 1 aromatic heterocycles. The minimum Gasteiger partial charge on any atom is -0.355 e. The third-order valence-corrected chi connectivity index (χ3v) is 4.50. The first-order valence-electron chi connectivity index (χ1n) is 7.39. The lowest BCUT2D eigenvalue weighted by atomic mass is 10.3. The number of nitrogens with zero attached hydrogens (tertiary/aromatic N) is 3. The third-order valence-electron chi connectivity index (χ3n) is 3.56. The molecule has 0 radical (unpaired) electrons. The van der Waals surface area contributed by atoms with Crippen molar-refractivity contribution in [2.45, 2.75) is 12.5 Å². The van der Waals surface area contributed by atoms with Crippen LogP contribution in [-0.4, -0.2) is 64.1 Å². The highest BCUT2D eigenvalue weighted by Gasteiger charge is 2.25. The molecule has 24 heavy (non-hydrogen) atoms. The van der Waals surface area contributed by atoms with Crippen LogP contribution in [0.2, 0.25) is 0 Å². The highest BCUT2D eigenvalue weighted by atomic mass is 127. The molecule has 1 saturated heterocycles. The summed E-state index contributed by atoms with van der Waals surface area (Å²) < 4.78 is 36.0. The lowest BCUT2D eigenvalue weighted by Gasteiger charge is -2.19. The minimum atomic E-state index is -3.01. The van der Waals surface area contributed by atoms with Crippen molar-refractivity contribution in [1.29, 1.82) is 0 Å². The molecule has 0 aliphatic carbocycles. The number of hydrogen-bond acceptors (Lipinski definition) is 5. The maximum absolute atomic E-state index is 13.8. The van der Waals surface area contributed by atoms with Gasteiger partial charge in [-0.05, 0) is 18.6 Å². The van der Waals surface area contributed by atoms with E-state index in [1.54, 1.807) is 19.3 Å². The number of anilines is 1. The summed E-state index contributed by atoms with van der Waals surface area (Å²) in [7, 11) is -1.38. The zero-order valence-electron chi connectivity index (χ0n) is 13.7. The average Bonchev–Trinajstić information content (AvgIpc) is 2.93. The molecule has 1 aliphatic heterocycles. The summed E-state index contributed by atoms with van der Waals surface area (Å²) in [5.74, 6) is 0.617. The Kier molecular flexibility index (Phi) is 8.13. The summed E-state index contributed by atoms with van der Waals surface area (Å²) in [6.07, 6.45) is 3.59. The van der Waals surface area contributed by atoms with Crippen LogP contribution in [0.5, 0.6) is 0 Å². The smallest absolute Gasteiger partial charge is 0.191 e. The number of guanidine groups is 1. The second kappa shape index (κ2) is 9.35. The quantitative estimate of drug-likeness (QED) is 0.372. The molecule has 10 heteroatoms. The van der Waals surface area contributed by atoms with Crippen LogP contribution in [0.1, 0.15) is 6.42 Å². The normalized spacial score (nSPS) is 18.2. The molecule has 2 rings (SSSR count). The Morgan fingerprint density at radius 3 is 2.92 bits per heavy atom. The number of nitrogens with one attached hydrogen (secondary N) is 2. The monoisotopic (exact) mass is 471 g/mol. The van der Waals surface area contributed by atoms with E-state index in [-0.39, 0.29) is 41.6 Å². The van der Waals surface area contributed by atoms with Crippen LogP contribution in [0.15, 0.2) is 23.3 Å². The molecule has 2 N–H and O–H groups in total. The fourth-order valence-corrected chi connectivity index (χ4v) is 2.90. The third kappa shape index (κ3) is 6.38. The summed E-state index contributed by atoms with van der Waals surface area (Å²) in [5.41, 5.74) is 0. The molecule has 1 aliphatic rings. The van der Waals surface area contributed by atoms with Crippen molar-refractivity contribution in [2.24, 2.45) is 4.99 Å². The first kappa shape index (κ1) is 20.9. The first-order valence-corrected chi connectivity index (χ1v) is 9.45. The summed E-state index contributed by atoms with van der Waals surface area (Å²) in [5, 5.41) is 6.19. The van der Waals surface area contributed by atoms with Crippen LogP contribution < -0.4 is 15.5 Å². The van der Waals surface area contributed by atoms with Crippen molar-refractivity contribution in [2.75, 3.05) is 43.6 Å². The zero-order valence-corrected chi connectivity index (χ0v) is 16.8. The van der Waals surface area contributed by atoms with Crippen molar-refractivity contribution < 1.29 is 12.8 Å². The molecule has 136 valence electrons. The maximum atomic E-state index is 13.8. The van der Waals surface area contributed by atoms with Crippen LogP contribution in [0.25, 0.3) is 0 Å². The van der Waals surface area contributed by atoms with Crippen molar-refractivity contribution in [3.8, 4) is 0 Å². The highest BCUT2D eigenvalue weighted by Crippen LogP contribution is 2.20. The molecule has 0 saturated carbocycles. The predicted octanol–water partition coefficient (Wildman–Crippen LogP) is 0.627. The lowest BCUT2D eigenvalue weighted by molar-refractivity contribution is 0.599. The van der Waals surface area contributed by atoms with E-state index >= 15 is 0 Å². The van der Waals surface area contributed by atoms with Gasteiger partial charge in [-0.2, -0.15) is 0 Å². The van der Waals surface area contributed by atoms with Gasteiger partial charge in [0.2, 0.25) is 0 Å². The van der Waals surface area contributed by atoms with E-state index in [1.807, 2.05) is 4.90 Å². The van der Waals surface area contributed by atoms with Crippen molar-refractivity contribution >= 4 is 45.6 Å². The molecule has 0 amide bonds. The fourth-order valence-electron chi connectivity index (χ4n) is 2.42. The van der Waals surface area contributed by atoms with Crippen molar-refractivity contribution in [3.63, 3.8) is 0 Å². The molecular formula is C14H23FIN5O2S. The summed E-state index contributed by atoms with van der Waals surface area (Å²) in [4.78, 5) is 10.0. The topological polar surface area (TPSA) is 86.7 Å². The van der Waals surface area contributed by atoms with Gasteiger partial charge < -0.3 is 15.5 Å². The SMILES string of the molecule is CN=C(NCCS(C)(=O)=O)NC1CCN(c2ncccc2F)C1.I. The van der Waals surface area contributed by atoms with Gasteiger partial charge in [-0.25, -0.2) is 17.8 Å². The number of halogens is 2. The molecule has 0 bridgehead atoms. The molecule has 2 heterocycles. The van der Waals surface area contributed by atoms with Crippen molar-refractivity contribution in [3.05, 3.63) is 24.1 Å². The summed E-state index contributed by atoms with van der Waals surface area (Å²) >= 11 is 0. The number of aromatic nitrogens is 1. The molecule has 7 nitrogen and oxygen atoms in total. The largest absolute Gasteiger partial charge is 0.355 e. The van der Waals surface area contributed by atoms with E-state index in [1.165, 1.54) is 12.3 Å². The number of sulfone groups is 1. The molecule has 1 fully saturated rings. The maximum Gasteiger partial charge on any atom is 0.191 e. The molecule has 1 unspecified atom stereocenters. The first-order chi connectivity index (χ1) is 10.9. The second-order valence-electron chi connectivity index (χ2n) is 5.51. The van der Waals surface area contributed by atoms with Crippen LogP contribution >= 0.6 is 24.0 Å². The summed E-state index contributed by atoms with van der Waals surface area (Å²) in [6, 6.07) is 3.06. The molecule has 0 spiro atoms. The van der Waals surface area contributed by atoms with Gasteiger partial charge in [0.05, 0.1) is 5.75 Å². The van der Waals surface area contributed by atoms with Crippen LogP contribution in [0, 0.1) is 5.82 Å². The Hall–Kier alpha value is -1.17. The number of hydrogen-bond donors (Lipinski definition) is 2. The van der Waals surface area contributed by atoms with Gasteiger partial charge in [-0.1, -0.05) is 0 Å². The second-order valence-corrected chi connectivity index (χ2v) is 7.77. The van der Waals surface area contributed by atoms with Gasteiger partial charge >= 0.3 is 0 Å². The van der Waals surface area contributed by atoms with Crippen molar-refractivity contribution in [1.82, 2.24) is 15.6 Å². The zero-order chi connectivity index (χ0) is 16.9. The minimum absolute atomic E-state index is 0. The van der Waals surface area contributed by atoms with Crippen LogP contribution in [-0.2, 0) is 9.84 Å². The van der Waals surface area contributed by atoms with Gasteiger partial charge in [-0.15, -0.1) is 24.0 Å². The number of rotatable bonds is 5. The van der Waals surface area contributed by atoms with Gasteiger partial charge in [0.15, 0.2) is 17.6 Å². The molecular weight excluding hydrogens is 448 g/mol. The Balaban J connectivity index is 0.00000288. The van der Waals surface area contributed by atoms with E-state index < -0.39 is 9.84 Å². The van der Waals surface area contributed by atoms with Gasteiger partial charge in [0, 0.05) is 45.2 Å². The van der Waals surface area contributed by atoms with E-state index in [0.717, 1.165) is 6.42 Å². The van der Waals surface area contributed by atoms with Gasteiger partial charge in [0.1, 0.15) is 9.84 Å². The van der Waals surface area contributed by atoms with Crippen LogP contribution in [0.4, 0.5) is 10.2 Å². The van der Waals surface area contributed by atoms with E-state index in [2.05, 4.69) is 20.6 Å². The van der Waals surface area contributed by atoms with E-state index in [9.17, 15) is 12.8 Å². The molecule has 1 aromatic rings. The number of pyridine rings is 1. The van der Waals surface area contributed by atoms with Gasteiger partial charge in [-0.3, -0.25) is 4.99 Å². The Morgan fingerprint density at radius 1 is 1.54 bits per heavy atom. The van der Waals surface area contributed by atoms with Crippen LogP contribution in [0.3, 0.4) is 0 Å². The Labute approximate surface area is 159 Å². The number of aliphatic imine (C=N–C) groups is 1. The Bertz CT molecular complexity index is 671. The predicted molar refractivity (Wildman–Crippen MR) is 104 cm³/mol. The van der Waals surface area contributed by atoms with E-state index in [4.69, 9.17) is 0 Å². The summed E-state index contributed by atoms with van der Waals surface area (Å²) in [6.45, 7) is 1.61. The Morgan fingerprint density at radius 2 is 2.29 bits per heavy atom. The lowest BCUT2D eigenvalue weighted by Crippen LogP contribution is -2.45. The van der Waals surface area contributed by atoms with Gasteiger partial charge in [0.25, 0.3) is 0 Å². The molecule has 1 atom stereocenters. The fraction of sp³-hybridized carbons (Fsp3) is 0.571. The van der Waals surface area contributed by atoms with E-state index in [0.29, 0.717) is 31.4 Å². The standard InChI is InChI=1S/C14H22FN5O2S.HI/c1-16-14(18-7-9-23(2,21)22)19-11-5-8-20(10-11)13-12(15)4-3-6-17-13;/h3-4,6,11H,5,7-10H2,1-2H3,(H2,16,18,19);1H.